The highest BCUT2D eigenvalue weighted by atomic mass is 32.1. The summed E-state index contributed by atoms with van der Waals surface area (Å²) in [6, 6.07) is 19.3. The Hall–Kier alpha value is -3.32. The van der Waals surface area contributed by atoms with Crippen LogP contribution in [0.2, 0.25) is 0 Å². The molecular formula is C24H26N4O2S. The minimum Gasteiger partial charge on any atom is -0.410 e. The molecule has 0 radical (unpaired) electrons. The van der Waals surface area contributed by atoms with Gasteiger partial charge in [0.25, 0.3) is 0 Å². The second-order valence-corrected chi connectivity index (χ2v) is 8.46. The van der Waals surface area contributed by atoms with E-state index in [2.05, 4.69) is 22.3 Å². The normalized spacial score (nSPS) is 12.7. The number of hydrogen-bond donors (Lipinski definition) is 2. The number of nitrogens with zero attached hydrogens (tertiary/aromatic N) is 2. The Kier molecular flexibility index (Phi) is 6.52. The van der Waals surface area contributed by atoms with Crippen LogP contribution < -0.4 is 15.0 Å². The molecule has 0 saturated carbocycles. The quantitative estimate of drug-likeness (QED) is 0.420. The number of ether oxygens (including phenoxy) is 1. The number of nitrogens with one attached hydrogen (secondary N) is 2. The van der Waals surface area contributed by atoms with Crippen LogP contribution in [0.25, 0.3) is 0 Å². The largest absolute Gasteiger partial charge is 0.415 e. The van der Waals surface area contributed by atoms with Gasteiger partial charge in [-0.25, -0.2) is 4.79 Å². The monoisotopic (exact) mass is 434 g/mol. The molecule has 2 aromatic carbocycles. The molecule has 0 saturated heterocycles. The van der Waals surface area contributed by atoms with E-state index < -0.39 is 0 Å². The summed E-state index contributed by atoms with van der Waals surface area (Å²) >= 11 is 1.55. The summed E-state index contributed by atoms with van der Waals surface area (Å²) < 4.78 is 5.42. The number of thiophene rings is 1. The third kappa shape index (κ3) is 5.24. The van der Waals surface area contributed by atoms with Crippen LogP contribution in [0.1, 0.15) is 16.9 Å². The molecule has 0 fully saturated rings. The van der Waals surface area contributed by atoms with E-state index in [9.17, 15) is 4.79 Å². The lowest BCUT2D eigenvalue weighted by Gasteiger charge is -2.33. The first-order valence-electron chi connectivity index (χ1n) is 10.4. The van der Waals surface area contributed by atoms with Crippen molar-refractivity contribution in [1.82, 2.24) is 4.90 Å². The maximum absolute atomic E-state index is 12.4. The lowest BCUT2D eigenvalue weighted by molar-refractivity contribution is 0.164. The number of amides is 1. The second-order valence-electron chi connectivity index (χ2n) is 7.51. The topological polar surface area (TPSA) is 68.7 Å². The van der Waals surface area contributed by atoms with Crippen molar-refractivity contribution in [3.63, 3.8) is 0 Å². The molecule has 160 valence electrons. The molecule has 4 rings (SSSR count). The maximum Gasteiger partial charge on any atom is 0.415 e. The summed E-state index contributed by atoms with van der Waals surface area (Å²) in [6.45, 7) is 2.23. The van der Waals surface area contributed by atoms with Gasteiger partial charge in [-0.15, -0.1) is 11.3 Å². The molecule has 0 aliphatic carbocycles. The number of para-hydroxylation sites is 1. The highest BCUT2D eigenvalue weighted by Gasteiger charge is 2.19. The van der Waals surface area contributed by atoms with Crippen LogP contribution in [-0.2, 0) is 6.42 Å². The molecule has 7 heteroatoms. The molecule has 1 aliphatic rings. The average molecular weight is 435 g/mol. The summed E-state index contributed by atoms with van der Waals surface area (Å²) in [4.78, 5) is 17.2. The van der Waals surface area contributed by atoms with Gasteiger partial charge in [0.1, 0.15) is 11.6 Å². The summed E-state index contributed by atoms with van der Waals surface area (Å²) in [7, 11) is 1.76. The second kappa shape index (κ2) is 9.66. The number of carbonyl (C=O) groups is 1. The lowest BCUT2D eigenvalue weighted by atomic mass is 10.0. The van der Waals surface area contributed by atoms with Crippen LogP contribution in [0, 0.1) is 5.41 Å². The van der Waals surface area contributed by atoms with Crippen LogP contribution in [-0.4, -0.2) is 43.5 Å². The highest BCUT2D eigenvalue weighted by molar-refractivity contribution is 7.12. The van der Waals surface area contributed by atoms with Crippen molar-refractivity contribution in [2.45, 2.75) is 12.8 Å². The van der Waals surface area contributed by atoms with Crippen LogP contribution in [0.3, 0.4) is 0 Å². The summed E-state index contributed by atoms with van der Waals surface area (Å²) in [5, 5.41) is 13.5. The molecule has 0 spiro atoms. The number of benzene rings is 2. The lowest BCUT2D eigenvalue weighted by Crippen LogP contribution is -2.39. The molecule has 1 amide bonds. The van der Waals surface area contributed by atoms with Crippen molar-refractivity contribution in [2.24, 2.45) is 0 Å². The van der Waals surface area contributed by atoms with Gasteiger partial charge >= 0.3 is 6.09 Å². The van der Waals surface area contributed by atoms with E-state index in [0.29, 0.717) is 18.1 Å². The summed E-state index contributed by atoms with van der Waals surface area (Å²) in [5.74, 6) is 0.951. The average Bonchev–Trinajstić information content (AvgIpc) is 3.33. The SMILES string of the molecule is CN(CCN1CCCc2ccc(NC(=N)c3cccs3)cc21)C(=O)Oc1ccccc1. The molecule has 2 heterocycles. The fourth-order valence-electron chi connectivity index (χ4n) is 3.62. The van der Waals surface area contributed by atoms with E-state index in [1.807, 2.05) is 41.8 Å². The number of amidine groups is 1. The van der Waals surface area contributed by atoms with Crippen LogP contribution >= 0.6 is 11.3 Å². The molecule has 31 heavy (non-hydrogen) atoms. The zero-order chi connectivity index (χ0) is 21.6. The number of aryl methyl sites for hydroxylation is 1. The van der Waals surface area contributed by atoms with E-state index in [0.717, 1.165) is 36.5 Å². The molecule has 6 nitrogen and oxygen atoms in total. The molecule has 3 aromatic rings. The van der Waals surface area contributed by atoms with Crippen LogP contribution in [0.15, 0.2) is 66.0 Å². The highest BCUT2D eigenvalue weighted by Crippen LogP contribution is 2.30. The van der Waals surface area contributed by atoms with Gasteiger partial charge in [0.2, 0.25) is 0 Å². The number of rotatable bonds is 6. The Morgan fingerprint density at radius 2 is 2.03 bits per heavy atom. The Bertz CT molecular complexity index is 1040. The maximum atomic E-state index is 12.4. The zero-order valence-electron chi connectivity index (χ0n) is 17.5. The Morgan fingerprint density at radius 3 is 2.81 bits per heavy atom. The van der Waals surface area contributed by atoms with Crippen molar-refractivity contribution in [3.8, 4) is 5.75 Å². The first kappa shape index (κ1) is 20.9. The van der Waals surface area contributed by atoms with Gasteiger partial charge in [-0.3, -0.25) is 5.41 Å². The smallest absolute Gasteiger partial charge is 0.410 e. The van der Waals surface area contributed by atoms with Gasteiger partial charge < -0.3 is 19.9 Å². The Balaban J connectivity index is 1.39. The fourth-order valence-corrected chi connectivity index (χ4v) is 4.25. The Labute approximate surface area is 186 Å². The molecule has 1 aromatic heterocycles. The molecule has 0 atom stereocenters. The predicted molar refractivity (Wildman–Crippen MR) is 127 cm³/mol. The fraction of sp³-hybridized carbons (Fsp3) is 0.250. The molecule has 0 unspecified atom stereocenters. The van der Waals surface area contributed by atoms with Crippen molar-refractivity contribution >= 4 is 34.6 Å². The van der Waals surface area contributed by atoms with E-state index >= 15 is 0 Å². The van der Waals surface area contributed by atoms with Gasteiger partial charge in [0.05, 0.1) is 4.88 Å². The van der Waals surface area contributed by atoms with Crippen molar-refractivity contribution in [3.05, 3.63) is 76.5 Å². The van der Waals surface area contributed by atoms with E-state index in [1.54, 1.807) is 35.4 Å². The molecule has 0 bridgehead atoms. The van der Waals surface area contributed by atoms with Gasteiger partial charge in [-0.1, -0.05) is 30.3 Å². The number of anilines is 2. The minimum absolute atomic E-state index is 0.358. The number of carbonyl (C=O) groups excluding carboxylic acids is 1. The number of hydrogen-bond acceptors (Lipinski definition) is 5. The van der Waals surface area contributed by atoms with Crippen molar-refractivity contribution < 1.29 is 9.53 Å². The van der Waals surface area contributed by atoms with Crippen molar-refractivity contribution in [1.29, 1.82) is 5.41 Å². The van der Waals surface area contributed by atoms with E-state index in [1.165, 1.54) is 11.3 Å². The molecular weight excluding hydrogens is 408 g/mol. The van der Waals surface area contributed by atoms with Gasteiger partial charge in [-0.05, 0) is 54.1 Å². The molecule has 2 N–H and O–H groups in total. The predicted octanol–water partition coefficient (Wildman–Crippen LogP) is 5.07. The summed E-state index contributed by atoms with van der Waals surface area (Å²) in [6.07, 6.45) is 1.77. The number of fused-ring (bicyclic) bond motifs is 1. The summed E-state index contributed by atoms with van der Waals surface area (Å²) in [5.41, 5.74) is 3.37. The molecule has 1 aliphatic heterocycles. The number of likely N-dealkylation sites (N-methyl/N-ethyl adjacent to an activating group) is 1. The Morgan fingerprint density at radius 1 is 1.19 bits per heavy atom. The van der Waals surface area contributed by atoms with Crippen LogP contribution in [0.4, 0.5) is 16.2 Å². The third-order valence-corrected chi connectivity index (χ3v) is 6.19. The van der Waals surface area contributed by atoms with Gasteiger partial charge in [0, 0.05) is 38.1 Å². The van der Waals surface area contributed by atoms with Crippen LogP contribution in [0.5, 0.6) is 5.75 Å². The van der Waals surface area contributed by atoms with E-state index in [-0.39, 0.29) is 6.09 Å². The zero-order valence-corrected chi connectivity index (χ0v) is 18.3. The minimum atomic E-state index is -0.358. The van der Waals surface area contributed by atoms with Gasteiger partial charge in [-0.2, -0.15) is 0 Å². The van der Waals surface area contributed by atoms with E-state index in [4.69, 9.17) is 10.1 Å². The first-order chi connectivity index (χ1) is 15.1. The first-order valence-corrected chi connectivity index (χ1v) is 11.2. The van der Waals surface area contributed by atoms with Crippen molar-refractivity contribution in [2.75, 3.05) is 36.9 Å². The van der Waals surface area contributed by atoms with Gasteiger partial charge in [0.15, 0.2) is 0 Å². The standard InChI is InChI=1S/C24H26N4O2S/c1-27(24(29)30-20-8-3-2-4-9-20)14-15-28-13-5-7-18-11-12-19(17-21(18)28)26-23(25)22-10-6-16-31-22/h2-4,6,8-12,16-17H,5,7,13-15H2,1H3,(H2,25,26). The third-order valence-electron chi connectivity index (χ3n) is 5.30.